The van der Waals surface area contributed by atoms with Crippen molar-refractivity contribution < 1.29 is 4.39 Å². The highest BCUT2D eigenvalue weighted by Crippen LogP contribution is 2.18. The Labute approximate surface area is 129 Å². The van der Waals surface area contributed by atoms with E-state index in [-0.39, 0.29) is 11.9 Å². The van der Waals surface area contributed by atoms with Crippen LogP contribution in [0.1, 0.15) is 28.7 Å². The molecule has 0 aliphatic heterocycles. The maximum atomic E-state index is 13.0. The van der Waals surface area contributed by atoms with Crippen LogP contribution < -0.4 is 5.32 Å². The minimum atomic E-state index is -0.190. The van der Waals surface area contributed by atoms with Crippen LogP contribution in [0.5, 0.6) is 0 Å². The van der Waals surface area contributed by atoms with Crippen molar-refractivity contribution in [3.63, 3.8) is 0 Å². The topological polar surface area (TPSA) is 28.2 Å². The summed E-state index contributed by atoms with van der Waals surface area (Å²) in [4.78, 5) is 6.75. The molecule has 1 heterocycles. The number of aromatic nitrogens is 1. The number of rotatable bonds is 7. The molecule has 1 atom stereocenters. The highest BCUT2D eigenvalue weighted by atomic mass is 32.1. The van der Waals surface area contributed by atoms with E-state index < -0.39 is 0 Å². The van der Waals surface area contributed by atoms with Gasteiger partial charge in [-0.25, -0.2) is 9.37 Å². The number of nitrogens with zero attached hydrogens (tertiary/aromatic N) is 2. The summed E-state index contributed by atoms with van der Waals surface area (Å²) in [7, 11) is 4.05. The van der Waals surface area contributed by atoms with Gasteiger partial charge in [0, 0.05) is 24.5 Å². The molecule has 0 amide bonds. The second-order valence-electron chi connectivity index (χ2n) is 5.28. The van der Waals surface area contributed by atoms with Crippen LogP contribution in [0.4, 0.5) is 4.39 Å². The Balaban J connectivity index is 1.86. The summed E-state index contributed by atoms with van der Waals surface area (Å²) in [6, 6.07) is 6.97. The average molecular weight is 307 g/mol. The first-order valence-electron chi connectivity index (χ1n) is 7.10. The van der Waals surface area contributed by atoms with E-state index in [1.807, 2.05) is 26.1 Å². The Morgan fingerprint density at radius 3 is 2.62 bits per heavy atom. The average Bonchev–Trinajstić information content (AvgIpc) is 2.86. The van der Waals surface area contributed by atoms with Crippen LogP contribution in [-0.2, 0) is 6.54 Å². The first-order chi connectivity index (χ1) is 10.1. The third kappa shape index (κ3) is 4.88. The Morgan fingerprint density at radius 1 is 1.33 bits per heavy atom. The Kier molecular flexibility index (Phi) is 5.85. The number of aryl methyl sites for hydroxylation is 1. The van der Waals surface area contributed by atoms with E-state index in [0.29, 0.717) is 0 Å². The van der Waals surface area contributed by atoms with E-state index in [2.05, 4.69) is 27.6 Å². The van der Waals surface area contributed by atoms with Gasteiger partial charge in [0.25, 0.3) is 0 Å². The molecule has 0 saturated heterocycles. The van der Waals surface area contributed by atoms with Crippen molar-refractivity contribution in [1.82, 2.24) is 15.2 Å². The minimum absolute atomic E-state index is 0.190. The standard InChI is InChI=1S/C16H22FN3S/c1-12-19-15(11-21-12)10-20(3)9-8-16(18-2)13-4-6-14(17)7-5-13/h4-7,11,16,18H,8-10H2,1-3H3. The normalized spacial score (nSPS) is 12.8. The van der Waals surface area contributed by atoms with Crippen LogP contribution >= 0.6 is 11.3 Å². The molecule has 1 N–H and O–H groups in total. The van der Waals surface area contributed by atoms with Crippen LogP contribution in [0.15, 0.2) is 29.6 Å². The molecule has 0 saturated carbocycles. The molecule has 0 aliphatic rings. The van der Waals surface area contributed by atoms with Gasteiger partial charge in [0.1, 0.15) is 5.82 Å². The van der Waals surface area contributed by atoms with Crippen molar-refractivity contribution in [3.05, 3.63) is 51.7 Å². The van der Waals surface area contributed by atoms with Crippen LogP contribution in [-0.4, -0.2) is 30.5 Å². The molecule has 0 radical (unpaired) electrons. The molecule has 1 unspecified atom stereocenters. The molecule has 5 heteroatoms. The maximum absolute atomic E-state index is 13.0. The van der Waals surface area contributed by atoms with Gasteiger partial charge in [-0.05, 0) is 45.1 Å². The second-order valence-corrected chi connectivity index (χ2v) is 6.34. The van der Waals surface area contributed by atoms with Gasteiger partial charge < -0.3 is 10.2 Å². The molecule has 2 rings (SSSR count). The highest BCUT2D eigenvalue weighted by molar-refractivity contribution is 7.09. The van der Waals surface area contributed by atoms with Crippen LogP contribution in [0.25, 0.3) is 0 Å². The largest absolute Gasteiger partial charge is 0.313 e. The third-order valence-corrected chi connectivity index (χ3v) is 4.34. The first kappa shape index (κ1) is 16.1. The summed E-state index contributed by atoms with van der Waals surface area (Å²) in [5, 5.41) is 6.52. The van der Waals surface area contributed by atoms with Gasteiger partial charge in [-0.3, -0.25) is 0 Å². The predicted octanol–water partition coefficient (Wildman–Crippen LogP) is 3.37. The maximum Gasteiger partial charge on any atom is 0.123 e. The number of hydrogen-bond acceptors (Lipinski definition) is 4. The van der Waals surface area contributed by atoms with E-state index in [0.717, 1.165) is 35.8 Å². The summed E-state index contributed by atoms with van der Waals surface area (Å²) in [6.45, 7) is 3.85. The Bertz CT molecular complexity index is 553. The van der Waals surface area contributed by atoms with Crippen LogP contribution in [0.3, 0.4) is 0 Å². The lowest BCUT2D eigenvalue weighted by Crippen LogP contribution is -2.25. The summed E-state index contributed by atoms with van der Waals surface area (Å²) in [5.41, 5.74) is 2.25. The van der Waals surface area contributed by atoms with Gasteiger partial charge in [-0.2, -0.15) is 0 Å². The van der Waals surface area contributed by atoms with Crippen molar-refractivity contribution in [2.45, 2.75) is 25.9 Å². The number of hydrogen-bond donors (Lipinski definition) is 1. The van der Waals surface area contributed by atoms with E-state index in [1.165, 1.54) is 12.1 Å². The monoisotopic (exact) mass is 307 g/mol. The quantitative estimate of drug-likeness (QED) is 0.850. The lowest BCUT2D eigenvalue weighted by Gasteiger charge is -2.21. The minimum Gasteiger partial charge on any atom is -0.313 e. The third-order valence-electron chi connectivity index (χ3n) is 3.52. The zero-order valence-corrected chi connectivity index (χ0v) is 13.6. The molecule has 1 aromatic carbocycles. The fourth-order valence-electron chi connectivity index (χ4n) is 2.36. The van der Waals surface area contributed by atoms with Gasteiger partial charge in [-0.15, -0.1) is 11.3 Å². The smallest absolute Gasteiger partial charge is 0.123 e. The van der Waals surface area contributed by atoms with Gasteiger partial charge >= 0.3 is 0 Å². The fourth-order valence-corrected chi connectivity index (χ4v) is 2.96. The lowest BCUT2D eigenvalue weighted by molar-refractivity contribution is 0.301. The number of thiazole rings is 1. The van der Waals surface area contributed by atoms with Gasteiger partial charge in [0.05, 0.1) is 10.7 Å². The molecule has 0 aliphatic carbocycles. The van der Waals surface area contributed by atoms with E-state index in [1.54, 1.807) is 11.3 Å². The molecule has 0 bridgehead atoms. The molecule has 0 fully saturated rings. The van der Waals surface area contributed by atoms with Gasteiger partial charge in [-0.1, -0.05) is 12.1 Å². The van der Waals surface area contributed by atoms with Crippen molar-refractivity contribution in [1.29, 1.82) is 0 Å². The summed E-state index contributed by atoms with van der Waals surface area (Å²) >= 11 is 1.69. The van der Waals surface area contributed by atoms with E-state index in [9.17, 15) is 4.39 Å². The van der Waals surface area contributed by atoms with E-state index in [4.69, 9.17) is 0 Å². The number of halogens is 1. The van der Waals surface area contributed by atoms with Gasteiger partial charge in [0.15, 0.2) is 0 Å². The van der Waals surface area contributed by atoms with Crippen molar-refractivity contribution in [2.75, 3.05) is 20.6 Å². The zero-order chi connectivity index (χ0) is 15.2. The molecule has 0 spiro atoms. The number of nitrogens with one attached hydrogen (secondary N) is 1. The Morgan fingerprint density at radius 2 is 2.05 bits per heavy atom. The van der Waals surface area contributed by atoms with Crippen molar-refractivity contribution >= 4 is 11.3 Å². The molecule has 21 heavy (non-hydrogen) atoms. The summed E-state index contributed by atoms with van der Waals surface area (Å²) < 4.78 is 13.0. The predicted molar refractivity (Wildman–Crippen MR) is 86.0 cm³/mol. The SMILES string of the molecule is CNC(CCN(C)Cc1csc(C)n1)c1ccc(F)cc1. The number of benzene rings is 1. The summed E-state index contributed by atoms with van der Waals surface area (Å²) in [6.07, 6.45) is 0.974. The van der Waals surface area contributed by atoms with Crippen molar-refractivity contribution in [2.24, 2.45) is 0 Å². The molecule has 3 nitrogen and oxygen atoms in total. The van der Waals surface area contributed by atoms with Gasteiger partial charge in [0.2, 0.25) is 0 Å². The fraction of sp³-hybridized carbons (Fsp3) is 0.438. The second kappa shape index (κ2) is 7.64. The zero-order valence-electron chi connectivity index (χ0n) is 12.8. The van der Waals surface area contributed by atoms with E-state index >= 15 is 0 Å². The van der Waals surface area contributed by atoms with Crippen LogP contribution in [0, 0.1) is 12.7 Å². The Hall–Kier alpha value is -1.30. The molecule has 114 valence electrons. The molecule has 1 aromatic heterocycles. The molecular formula is C16H22FN3S. The molecular weight excluding hydrogens is 285 g/mol. The lowest BCUT2D eigenvalue weighted by atomic mass is 10.0. The van der Waals surface area contributed by atoms with Crippen molar-refractivity contribution in [3.8, 4) is 0 Å². The van der Waals surface area contributed by atoms with Crippen LogP contribution in [0.2, 0.25) is 0 Å². The molecule has 2 aromatic rings. The summed E-state index contributed by atoms with van der Waals surface area (Å²) in [5.74, 6) is -0.190. The highest BCUT2D eigenvalue weighted by Gasteiger charge is 2.11. The first-order valence-corrected chi connectivity index (χ1v) is 7.98.